The number of carbonyl (C=O) groups excluding carboxylic acids is 1. The third-order valence-corrected chi connectivity index (χ3v) is 3.47. The lowest BCUT2D eigenvalue weighted by molar-refractivity contribution is 0.0601. The number of hydrogen-bond donors (Lipinski definition) is 0. The first kappa shape index (κ1) is 10.4. The first-order valence-corrected chi connectivity index (χ1v) is 6.00. The van der Waals surface area contributed by atoms with E-state index in [1.54, 1.807) is 0 Å². The van der Waals surface area contributed by atoms with Crippen molar-refractivity contribution in [1.29, 1.82) is 0 Å². The molecule has 3 nitrogen and oxygen atoms in total. The molecule has 0 unspecified atom stereocenters. The van der Waals surface area contributed by atoms with Gasteiger partial charge in [0.1, 0.15) is 0 Å². The maximum absolute atomic E-state index is 11.5. The van der Waals surface area contributed by atoms with Crippen LogP contribution in [0, 0.1) is 0 Å². The minimum absolute atomic E-state index is 0.268. The number of methoxy groups -OCH3 is 1. The Morgan fingerprint density at radius 3 is 3.00 bits per heavy atom. The van der Waals surface area contributed by atoms with Crippen LogP contribution in [-0.2, 0) is 17.7 Å². The molecule has 1 aromatic carbocycles. The molecule has 0 fully saturated rings. The summed E-state index contributed by atoms with van der Waals surface area (Å²) in [5.74, 6) is -0.268. The monoisotopic (exact) mass is 229 g/mol. The summed E-state index contributed by atoms with van der Waals surface area (Å²) < 4.78 is 7.10. The van der Waals surface area contributed by atoms with Gasteiger partial charge in [0.15, 0.2) is 0 Å². The lowest BCUT2D eigenvalue weighted by Gasteiger charge is -2.15. The number of fused-ring (bicyclic) bond motifs is 3. The summed E-state index contributed by atoms with van der Waals surface area (Å²) >= 11 is 0. The number of nitrogens with zero attached hydrogens (tertiary/aromatic N) is 1. The standard InChI is InChI=1S/C14H15NO2/c1-17-14(16)10-5-6-13-11(8-10)9-12-4-2-3-7-15(12)13/h5-6,8-9H,2-4,7H2,1H3. The number of aromatic nitrogens is 1. The van der Waals surface area contributed by atoms with Gasteiger partial charge in [-0.3, -0.25) is 0 Å². The third-order valence-electron chi connectivity index (χ3n) is 3.47. The highest BCUT2D eigenvalue weighted by Gasteiger charge is 2.14. The van der Waals surface area contributed by atoms with Gasteiger partial charge in [-0.25, -0.2) is 4.79 Å². The van der Waals surface area contributed by atoms with Crippen LogP contribution in [0.5, 0.6) is 0 Å². The highest BCUT2D eigenvalue weighted by atomic mass is 16.5. The van der Waals surface area contributed by atoms with Crippen molar-refractivity contribution >= 4 is 16.9 Å². The van der Waals surface area contributed by atoms with E-state index in [1.807, 2.05) is 18.2 Å². The Bertz CT molecular complexity index is 583. The van der Waals surface area contributed by atoms with Crippen molar-refractivity contribution in [1.82, 2.24) is 4.57 Å². The van der Waals surface area contributed by atoms with Crippen molar-refractivity contribution in [2.75, 3.05) is 7.11 Å². The number of esters is 1. The Hall–Kier alpha value is -1.77. The summed E-state index contributed by atoms with van der Waals surface area (Å²) in [6.45, 7) is 1.09. The predicted octanol–water partition coefficient (Wildman–Crippen LogP) is 2.76. The second-order valence-corrected chi connectivity index (χ2v) is 4.51. The van der Waals surface area contributed by atoms with Gasteiger partial charge in [0.2, 0.25) is 0 Å². The molecule has 0 saturated heterocycles. The molecule has 0 radical (unpaired) electrons. The van der Waals surface area contributed by atoms with Crippen molar-refractivity contribution in [2.24, 2.45) is 0 Å². The van der Waals surface area contributed by atoms with Crippen LogP contribution >= 0.6 is 0 Å². The fourth-order valence-corrected chi connectivity index (χ4v) is 2.62. The van der Waals surface area contributed by atoms with E-state index in [9.17, 15) is 4.79 Å². The van der Waals surface area contributed by atoms with Crippen LogP contribution in [0.4, 0.5) is 0 Å². The number of carbonyl (C=O) groups is 1. The molecule has 17 heavy (non-hydrogen) atoms. The molecule has 0 amide bonds. The largest absolute Gasteiger partial charge is 0.465 e. The molecular weight excluding hydrogens is 214 g/mol. The van der Waals surface area contributed by atoms with Gasteiger partial charge in [-0.1, -0.05) is 0 Å². The summed E-state index contributed by atoms with van der Waals surface area (Å²) in [5.41, 5.74) is 3.24. The highest BCUT2D eigenvalue weighted by Crippen LogP contribution is 2.26. The van der Waals surface area contributed by atoms with Crippen molar-refractivity contribution in [3.63, 3.8) is 0 Å². The van der Waals surface area contributed by atoms with Gasteiger partial charge >= 0.3 is 5.97 Å². The minimum atomic E-state index is -0.268. The normalized spacial score (nSPS) is 14.6. The van der Waals surface area contributed by atoms with E-state index >= 15 is 0 Å². The van der Waals surface area contributed by atoms with Crippen LogP contribution < -0.4 is 0 Å². The summed E-state index contributed by atoms with van der Waals surface area (Å²) in [6, 6.07) is 7.99. The molecule has 1 aliphatic heterocycles. The molecular formula is C14H15NO2. The van der Waals surface area contributed by atoms with Gasteiger partial charge in [-0.05, 0) is 43.5 Å². The van der Waals surface area contributed by atoms with Gasteiger partial charge in [0.05, 0.1) is 12.7 Å². The Labute approximate surface area is 100.0 Å². The van der Waals surface area contributed by atoms with Gasteiger partial charge in [0.25, 0.3) is 0 Å². The SMILES string of the molecule is COC(=O)c1ccc2c(c1)cc1n2CCCC1. The van der Waals surface area contributed by atoms with E-state index in [-0.39, 0.29) is 5.97 Å². The van der Waals surface area contributed by atoms with Crippen LogP contribution in [-0.4, -0.2) is 17.6 Å². The van der Waals surface area contributed by atoms with Crippen LogP contribution in [0.25, 0.3) is 10.9 Å². The fourth-order valence-electron chi connectivity index (χ4n) is 2.62. The van der Waals surface area contributed by atoms with E-state index in [4.69, 9.17) is 4.74 Å². The molecule has 88 valence electrons. The van der Waals surface area contributed by atoms with Crippen LogP contribution in [0.15, 0.2) is 24.3 Å². The molecule has 0 atom stereocenters. The number of benzene rings is 1. The Morgan fingerprint density at radius 2 is 2.18 bits per heavy atom. The lowest BCUT2D eigenvalue weighted by Crippen LogP contribution is -2.08. The maximum Gasteiger partial charge on any atom is 0.337 e. The van der Waals surface area contributed by atoms with E-state index in [0.29, 0.717) is 5.56 Å². The number of aryl methyl sites for hydroxylation is 2. The van der Waals surface area contributed by atoms with Crippen molar-refractivity contribution in [2.45, 2.75) is 25.8 Å². The zero-order valence-corrected chi connectivity index (χ0v) is 9.90. The number of ether oxygens (including phenoxy) is 1. The summed E-state index contributed by atoms with van der Waals surface area (Å²) in [7, 11) is 1.41. The quantitative estimate of drug-likeness (QED) is 0.704. The topological polar surface area (TPSA) is 31.2 Å². The fraction of sp³-hybridized carbons (Fsp3) is 0.357. The van der Waals surface area contributed by atoms with Gasteiger partial charge in [-0.15, -0.1) is 0 Å². The molecule has 1 aromatic heterocycles. The minimum Gasteiger partial charge on any atom is -0.465 e. The van der Waals surface area contributed by atoms with E-state index in [2.05, 4.69) is 10.6 Å². The lowest BCUT2D eigenvalue weighted by atomic mass is 10.1. The molecule has 2 aromatic rings. The molecule has 0 N–H and O–H groups in total. The average molecular weight is 229 g/mol. The summed E-state index contributed by atoms with van der Waals surface area (Å²) in [6.07, 6.45) is 3.65. The summed E-state index contributed by atoms with van der Waals surface area (Å²) in [4.78, 5) is 11.5. The Kier molecular flexibility index (Phi) is 2.39. The molecule has 3 heteroatoms. The van der Waals surface area contributed by atoms with Gasteiger partial charge in [-0.2, -0.15) is 0 Å². The van der Waals surface area contributed by atoms with Crippen molar-refractivity contribution in [3.8, 4) is 0 Å². The van der Waals surface area contributed by atoms with Crippen molar-refractivity contribution in [3.05, 3.63) is 35.5 Å². The second-order valence-electron chi connectivity index (χ2n) is 4.51. The maximum atomic E-state index is 11.5. The zero-order valence-electron chi connectivity index (χ0n) is 9.90. The molecule has 0 bridgehead atoms. The van der Waals surface area contributed by atoms with Gasteiger partial charge < -0.3 is 9.30 Å². The molecule has 1 aliphatic rings. The average Bonchev–Trinajstić information content (AvgIpc) is 2.75. The zero-order chi connectivity index (χ0) is 11.8. The molecule has 2 heterocycles. The van der Waals surface area contributed by atoms with Crippen LogP contribution in [0.2, 0.25) is 0 Å². The van der Waals surface area contributed by atoms with E-state index < -0.39 is 0 Å². The molecule has 3 rings (SSSR count). The smallest absolute Gasteiger partial charge is 0.337 e. The van der Waals surface area contributed by atoms with E-state index in [1.165, 1.54) is 31.2 Å². The Balaban J connectivity index is 2.14. The number of hydrogen-bond acceptors (Lipinski definition) is 2. The molecule has 0 spiro atoms. The predicted molar refractivity (Wildman–Crippen MR) is 66.2 cm³/mol. The first-order chi connectivity index (χ1) is 8.29. The first-order valence-electron chi connectivity index (χ1n) is 6.00. The third kappa shape index (κ3) is 1.62. The summed E-state index contributed by atoms with van der Waals surface area (Å²) in [5, 5.41) is 1.14. The van der Waals surface area contributed by atoms with Crippen LogP contribution in [0.1, 0.15) is 28.9 Å². The Morgan fingerprint density at radius 1 is 1.29 bits per heavy atom. The second kappa shape index (κ2) is 3.91. The van der Waals surface area contributed by atoms with Crippen LogP contribution in [0.3, 0.4) is 0 Å². The van der Waals surface area contributed by atoms with Gasteiger partial charge in [0, 0.05) is 23.1 Å². The van der Waals surface area contributed by atoms with Crippen molar-refractivity contribution < 1.29 is 9.53 Å². The molecule has 0 aliphatic carbocycles. The number of rotatable bonds is 1. The van der Waals surface area contributed by atoms with E-state index in [0.717, 1.165) is 18.4 Å². The highest BCUT2D eigenvalue weighted by molar-refractivity contribution is 5.95. The molecule has 0 saturated carbocycles.